The summed E-state index contributed by atoms with van der Waals surface area (Å²) < 4.78 is 6.74. The number of hydrogen-bond donors (Lipinski definition) is 2. The summed E-state index contributed by atoms with van der Waals surface area (Å²) in [5, 5.41) is 16.8. The van der Waals surface area contributed by atoms with Crippen molar-refractivity contribution in [2.45, 2.75) is 19.1 Å². The minimum atomic E-state index is -0.519. The molecule has 0 aliphatic rings. The van der Waals surface area contributed by atoms with E-state index in [1.165, 1.54) is 4.68 Å². The van der Waals surface area contributed by atoms with Crippen LogP contribution in [0.2, 0.25) is 0 Å². The van der Waals surface area contributed by atoms with Crippen LogP contribution in [0, 0.1) is 0 Å². The van der Waals surface area contributed by atoms with Gasteiger partial charge in [-0.3, -0.25) is 4.79 Å². The van der Waals surface area contributed by atoms with Crippen LogP contribution in [0.3, 0.4) is 0 Å². The third kappa shape index (κ3) is 6.13. The van der Waals surface area contributed by atoms with Gasteiger partial charge in [-0.2, -0.15) is 5.10 Å². The second kappa shape index (κ2) is 9.14. The Morgan fingerprint density at radius 3 is 2.90 bits per heavy atom. The molecule has 21 heavy (non-hydrogen) atoms. The maximum atomic E-state index is 12.1. The molecule has 0 spiro atoms. The van der Waals surface area contributed by atoms with Crippen molar-refractivity contribution in [3.63, 3.8) is 0 Å². The second-order valence-corrected chi connectivity index (χ2v) is 5.82. The molecule has 0 aromatic carbocycles. The number of halogens is 1. The molecule has 0 aliphatic heterocycles. The zero-order valence-electron chi connectivity index (χ0n) is 12.7. The average Bonchev–Trinajstić information content (AvgIpc) is 2.42. The van der Waals surface area contributed by atoms with E-state index < -0.39 is 6.10 Å². The molecule has 8 heteroatoms. The largest absolute Gasteiger partial charge is 0.391 e. The number of aliphatic hydroxyl groups excluding tert-OH is 1. The summed E-state index contributed by atoms with van der Waals surface area (Å²) in [5.74, 6) is 0. The number of ether oxygens (including phenoxy) is 1. The number of hydrogen-bond acceptors (Lipinski definition) is 6. The molecule has 0 bridgehead atoms. The Morgan fingerprint density at radius 2 is 2.29 bits per heavy atom. The maximum absolute atomic E-state index is 12.1. The van der Waals surface area contributed by atoms with Crippen molar-refractivity contribution in [1.82, 2.24) is 14.7 Å². The van der Waals surface area contributed by atoms with Gasteiger partial charge in [-0.15, -0.1) is 0 Å². The zero-order valence-corrected chi connectivity index (χ0v) is 14.3. The zero-order chi connectivity index (χ0) is 15.8. The molecule has 1 aromatic rings. The molecule has 1 unspecified atom stereocenters. The highest BCUT2D eigenvalue weighted by Crippen LogP contribution is 2.16. The Bertz CT molecular complexity index is 493. The Labute approximate surface area is 133 Å². The smallest absolute Gasteiger partial charge is 0.283 e. The third-order valence-corrected chi connectivity index (χ3v) is 3.66. The van der Waals surface area contributed by atoms with E-state index in [4.69, 9.17) is 4.74 Å². The Balaban J connectivity index is 2.61. The van der Waals surface area contributed by atoms with Gasteiger partial charge in [0.25, 0.3) is 5.56 Å². The lowest BCUT2D eigenvalue weighted by molar-refractivity contribution is 0.0615. The minimum Gasteiger partial charge on any atom is -0.391 e. The SMILES string of the molecule is COCC(O)CCNc1cnn(CCN(C)C)c(=O)c1Br. The third-order valence-electron chi connectivity index (χ3n) is 2.90. The van der Waals surface area contributed by atoms with Gasteiger partial charge < -0.3 is 20.1 Å². The molecule has 2 N–H and O–H groups in total. The number of aromatic nitrogens is 2. The summed E-state index contributed by atoms with van der Waals surface area (Å²) in [4.78, 5) is 14.1. The van der Waals surface area contributed by atoms with Crippen molar-refractivity contribution in [2.24, 2.45) is 0 Å². The van der Waals surface area contributed by atoms with Crippen molar-refractivity contribution in [3.8, 4) is 0 Å². The molecule has 0 saturated carbocycles. The summed E-state index contributed by atoms with van der Waals surface area (Å²) in [6, 6.07) is 0. The van der Waals surface area contributed by atoms with Crippen LogP contribution in [0.15, 0.2) is 15.5 Å². The van der Waals surface area contributed by atoms with E-state index in [2.05, 4.69) is 26.3 Å². The van der Waals surface area contributed by atoms with Crippen LogP contribution in [0.5, 0.6) is 0 Å². The van der Waals surface area contributed by atoms with Crippen LogP contribution in [0.1, 0.15) is 6.42 Å². The number of likely N-dealkylation sites (N-methyl/N-ethyl adjacent to an activating group) is 1. The van der Waals surface area contributed by atoms with Gasteiger partial charge in [0.15, 0.2) is 0 Å². The van der Waals surface area contributed by atoms with Gasteiger partial charge in [-0.05, 0) is 36.4 Å². The molecule has 7 nitrogen and oxygen atoms in total. The topological polar surface area (TPSA) is 79.6 Å². The molecule has 0 aliphatic carbocycles. The number of rotatable bonds is 9. The van der Waals surface area contributed by atoms with Gasteiger partial charge in [0.05, 0.1) is 31.1 Å². The van der Waals surface area contributed by atoms with Crippen molar-refractivity contribution < 1.29 is 9.84 Å². The van der Waals surface area contributed by atoms with E-state index in [0.29, 0.717) is 36.3 Å². The molecule has 0 fully saturated rings. The molecule has 120 valence electrons. The molecule has 0 saturated heterocycles. The lowest BCUT2D eigenvalue weighted by atomic mass is 10.2. The summed E-state index contributed by atoms with van der Waals surface area (Å²) in [7, 11) is 5.44. The van der Waals surface area contributed by atoms with Crippen molar-refractivity contribution in [3.05, 3.63) is 21.0 Å². The first kappa shape index (κ1) is 18.1. The monoisotopic (exact) mass is 362 g/mol. The number of methoxy groups -OCH3 is 1. The summed E-state index contributed by atoms with van der Waals surface area (Å²) in [6.45, 7) is 2.12. The Hall–Kier alpha value is -0.960. The van der Waals surface area contributed by atoms with Gasteiger partial charge in [-0.1, -0.05) is 0 Å². The first-order chi connectivity index (χ1) is 9.95. The molecule has 1 heterocycles. The molecule has 0 radical (unpaired) electrons. The average molecular weight is 363 g/mol. The van der Waals surface area contributed by atoms with Gasteiger partial charge in [0, 0.05) is 20.2 Å². The van der Waals surface area contributed by atoms with E-state index in [-0.39, 0.29) is 5.56 Å². The number of anilines is 1. The van der Waals surface area contributed by atoms with Gasteiger partial charge in [-0.25, -0.2) is 4.68 Å². The van der Waals surface area contributed by atoms with Crippen molar-refractivity contribution >= 4 is 21.6 Å². The molecule has 0 amide bonds. The van der Waals surface area contributed by atoms with Crippen LogP contribution in [-0.2, 0) is 11.3 Å². The lowest BCUT2D eigenvalue weighted by Crippen LogP contribution is -2.29. The van der Waals surface area contributed by atoms with Crippen LogP contribution in [-0.4, -0.2) is 66.8 Å². The minimum absolute atomic E-state index is 0.167. The van der Waals surface area contributed by atoms with Gasteiger partial charge in [0.2, 0.25) is 0 Å². The number of nitrogens with zero attached hydrogens (tertiary/aromatic N) is 3. The van der Waals surface area contributed by atoms with E-state index in [0.717, 1.165) is 6.54 Å². The maximum Gasteiger partial charge on any atom is 0.283 e. The molecule has 1 rings (SSSR count). The summed E-state index contributed by atoms with van der Waals surface area (Å²) in [5.41, 5.74) is 0.463. The van der Waals surface area contributed by atoms with Crippen LogP contribution < -0.4 is 10.9 Å². The normalized spacial score (nSPS) is 12.7. The molecular formula is C13H23BrN4O3. The number of aliphatic hydroxyl groups is 1. The highest BCUT2D eigenvalue weighted by molar-refractivity contribution is 9.10. The predicted molar refractivity (Wildman–Crippen MR) is 85.7 cm³/mol. The Morgan fingerprint density at radius 1 is 1.57 bits per heavy atom. The van der Waals surface area contributed by atoms with E-state index in [1.807, 2.05) is 19.0 Å². The van der Waals surface area contributed by atoms with Crippen molar-refractivity contribution in [2.75, 3.05) is 46.2 Å². The van der Waals surface area contributed by atoms with E-state index in [1.54, 1.807) is 13.3 Å². The Kier molecular flexibility index (Phi) is 7.87. The van der Waals surface area contributed by atoms with Gasteiger partial charge in [0.1, 0.15) is 4.47 Å². The fourth-order valence-corrected chi connectivity index (χ4v) is 2.14. The quantitative estimate of drug-likeness (QED) is 0.660. The number of nitrogens with one attached hydrogen (secondary N) is 1. The summed E-state index contributed by atoms with van der Waals surface area (Å²) >= 11 is 3.30. The first-order valence-electron chi connectivity index (χ1n) is 6.77. The highest BCUT2D eigenvalue weighted by atomic mass is 79.9. The highest BCUT2D eigenvalue weighted by Gasteiger charge is 2.09. The fourth-order valence-electron chi connectivity index (χ4n) is 1.69. The van der Waals surface area contributed by atoms with E-state index in [9.17, 15) is 9.90 Å². The van der Waals surface area contributed by atoms with Crippen LogP contribution in [0.4, 0.5) is 5.69 Å². The fraction of sp³-hybridized carbons (Fsp3) is 0.692. The molecular weight excluding hydrogens is 340 g/mol. The van der Waals surface area contributed by atoms with E-state index >= 15 is 0 Å². The molecule has 1 atom stereocenters. The van der Waals surface area contributed by atoms with Crippen LogP contribution in [0.25, 0.3) is 0 Å². The van der Waals surface area contributed by atoms with Crippen LogP contribution >= 0.6 is 15.9 Å². The second-order valence-electron chi connectivity index (χ2n) is 5.03. The standard InChI is InChI=1S/C13H23BrN4O3/c1-17(2)6-7-18-13(20)12(14)11(8-16-18)15-5-4-10(19)9-21-3/h8,10,15,19H,4-7,9H2,1-3H3. The summed E-state index contributed by atoms with van der Waals surface area (Å²) in [6.07, 6.45) is 1.63. The molecule has 1 aromatic heterocycles. The first-order valence-corrected chi connectivity index (χ1v) is 7.56. The van der Waals surface area contributed by atoms with Gasteiger partial charge >= 0.3 is 0 Å². The lowest BCUT2D eigenvalue weighted by Gasteiger charge is -2.14. The predicted octanol–water partition coefficient (Wildman–Crippen LogP) is 0.377. The van der Waals surface area contributed by atoms with Crippen molar-refractivity contribution in [1.29, 1.82) is 0 Å².